The molecule has 0 fully saturated rings. The van der Waals surface area contributed by atoms with Crippen molar-refractivity contribution in [3.63, 3.8) is 0 Å². The van der Waals surface area contributed by atoms with Gasteiger partial charge in [-0.3, -0.25) is 32.5 Å². The quantitative estimate of drug-likeness (QED) is 0.0146. The lowest BCUT2D eigenvalue weighted by molar-refractivity contribution is -0.161. The van der Waals surface area contributed by atoms with Crippen molar-refractivity contribution in [1.82, 2.24) is 0 Å². The highest BCUT2D eigenvalue weighted by Crippen LogP contribution is 2.45. The van der Waals surface area contributed by atoms with Gasteiger partial charge in [0.05, 0.1) is 26.4 Å². The van der Waals surface area contributed by atoms with Crippen LogP contribution in [0.1, 0.15) is 278 Å². The molecule has 0 amide bonds. The molecule has 0 aliphatic heterocycles. The monoisotopic (exact) mass is 1190 g/mol. The number of phosphoric ester groups is 2. The molecule has 0 aromatic rings. The normalized spacial score (nSPS) is 14.7. The number of carbonyl (C=O) groups is 3. The molecule has 0 aliphatic carbocycles. The summed E-state index contributed by atoms with van der Waals surface area (Å²) in [6.07, 6.45) is 54.6. The van der Waals surface area contributed by atoms with Crippen molar-refractivity contribution in [1.29, 1.82) is 0 Å². The number of esters is 3. The highest BCUT2D eigenvalue weighted by atomic mass is 31.2. The predicted octanol–water partition coefficient (Wildman–Crippen LogP) is 16.9. The van der Waals surface area contributed by atoms with Crippen LogP contribution in [0.25, 0.3) is 0 Å². The molecule has 0 aromatic heterocycles. The number of hydrogen-bond acceptors (Lipinski definition) is 14. The fourth-order valence-electron chi connectivity index (χ4n) is 8.61. The molecule has 0 saturated carbocycles. The maximum absolute atomic E-state index is 12.8. The molecule has 0 aromatic carbocycles. The van der Waals surface area contributed by atoms with Crippen molar-refractivity contribution in [2.24, 2.45) is 0 Å². The van der Waals surface area contributed by atoms with E-state index >= 15 is 0 Å². The Morgan fingerprint density at radius 2 is 0.617 bits per heavy atom. The molecule has 0 spiro atoms. The molecular weight excluding hydrogens is 1070 g/mol. The number of allylic oxidation sites excluding steroid dienone is 8. The average Bonchev–Trinajstić information content (AvgIpc) is 3.45. The van der Waals surface area contributed by atoms with Crippen molar-refractivity contribution in [2.75, 3.05) is 39.6 Å². The maximum atomic E-state index is 12.8. The number of phosphoric acid groups is 2. The van der Waals surface area contributed by atoms with Crippen molar-refractivity contribution in [2.45, 2.75) is 296 Å². The van der Waals surface area contributed by atoms with Crippen LogP contribution in [0.5, 0.6) is 0 Å². The largest absolute Gasteiger partial charge is 0.472 e. The summed E-state index contributed by atoms with van der Waals surface area (Å²) in [7, 11) is -9.75. The van der Waals surface area contributed by atoms with Gasteiger partial charge in [0, 0.05) is 19.3 Å². The zero-order chi connectivity index (χ0) is 59.6. The highest BCUT2D eigenvalue weighted by molar-refractivity contribution is 7.47. The number of ether oxygens (including phenoxy) is 3. The van der Waals surface area contributed by atoms with Crippen LogP contribution in [0.2, 0.25) is 0 Å². The van der Waals surface area contributed by atoms with Crippen molar-refractivity contribution in [3.05, 3.63) is 48.6 Å². The number of rotatable bonds is 61. The Morgan fingerprint density at radius 1 is 0.346 bits per heavy atom. The van der Waals surface area contributed by atoms with Gasteiger partial charge >= 0.3 is 33.6 Å². The van der Waals surface area contributed by atoms with Crippen molar-refractivity contribution in [3.8, 4) is 0 Å². The van der Waals surface area contributed by atoms with Crippen LogP contribution in [0.3, 0.4) is 0 Å². The van der Waals surface area contributed by atoms with Gasteiger partial charge in [0.15, 0.2) is 6.10 Å². The van der Waals surface area contributed by atoms with Crippen LogP contribution in [-0.4, -0.2) is 95.9 Å². The van der Waals surface area contributed by atoms with E-state index in [-0.39, 0.29) is 19.3 Å². The molecule has 4 N–H and O–H groups in total. The molecule has 474 valence electrons. The van der Waals surface area contributed by atoms with Gasteiger partial charge in [-0.2, -0.15) is 0 Å². The van der Waals surface area contributed by atoms with Crippen molar-refractivity contribution >= 4 is 33.6 Å². The summed E-state index contributed by atoms with van der Waals surface area (Å²) in [5.41, 5.74) is 0. The predicted molar refractivity (Wildman–Crippen MR) is 326 cm³/mol. The Bertz CT molecular complexity index is 1690. The zero-order valence-electron chi connectivity index (χ0n) is 51.0. The maximum Gasteiger partial charge on any atom is 0.472 e. The summed E-state index contributed by atoms with van der Waals surface area (Å²) < 4.78 is 60.6. The number of aliphatic hydroxyl groups is 2. The molecule has 0 radical (unpaired) electrons. The average molecular weight is 1190 g/mol. The topological polar surface area (TPSA) is 231 Å². The molecule has 0 aliphatic rings. The number of hydrogen-bond donors (Lipinski definition) is 4. The van der Waals surface area contributed by atoms with Crippen LogP contribution in [0.4, 0.5) is 0 Å². The van der Waals surface area contributed by atoms with Crippen LogP contribution in [0.15, 0.2) is 48.6 Å². The second-order valence-corrected chi connectivity index (χ2v) is 24.5. The fraction of sp³-hybridized carbons (Fsp3) is 0.825. The van der Waals surface area contributed by atoms with Gasteiger partial charge in [0.1, 0.15) is 25.4 Å². The number of aliphatic hydroxyl groups excluding tert-OH is 2. The van der Waals surface area contributed by atoms with E-state index in [2.05, 4.69) is 69.4 Å². The zero-order valence-corrected chi connectivity index (χ0v) is 52.7. The minimum atomic E-state index is -4.91. The molecule has 18 heteroatoms. The van der Waals surface area contributed by atoms with E-state index < -0.39 is 91.5 Å². The van der Waals surface area contributed by atoms with Crippen LogP contribution in [0, 0.1) is 0 Å². The Morgan fingerprint density at radius 3 is 1.00 bits per heavy atom. The van der Waals surface area contributed by atoms with Gasteiger partial charge in [-0.05, 0) is 64.2 Å². The van der Waals surface area contributed by atoms with E-state index in [9.17, 15) is 43.5 Å². The van der Waals surface area contributed by atoms with Crippen LogP contribution < -0.4 is 0 Å². The third kappa shape index (κ3) is 59.1. The summed E-state index contributed by atoms with van der Waals surface area (Å²) in [4.78, 5) is 58.1. The summed E-state index contributed by atoms with van der Waals surface area (Å²) >= 11 is 0. The van der Waals surface area contributed by atoms with Gasteiger partial charge in [0.25, 0.3) is 0 Å². The number of carbonyl (C=O) groups excluding carboxylic acids is 3. The lowest BCUT2D eigenvalue weighted by Crippen LogP contribution is -2.30. The van der Waals surface area contributed by atoms with E-state index in [0.29, 0.717) is 19.3 Å². The molecule has 0 saturated heterocycles. The molecule has 5 unspecified atom stereocenters. The Balaban J connectivity index is 4.55. The van der Waals surface area contributed by atoms with Gasteiger partial charge in [-0.1, -0.05) is 243 Å². The Kier molecular flexibility index (Phi) is 56.1. The summed E-state index contributed by atoms with van der Waals surface area (Å²) in [6, 6.07) is 0. The van der Waals surface area contributed by atoms with Gasteiger partial charge < -0.3 is 34.2 Å². The Labute approximate surface area is 491 Å². The first-order valence-corrected chi connectivity index (χ1v) is 34.9. The minimum Gasteiger partial charge on any atom is -0.463 e. The highest BCUT2D eigenvalue weighted by Gasteiger charge is 2.29. The summed E-state index contributed by atoms with van der Waals surface area (Å²) in [5.74, 6) is -1.58. The van der Waals surface area contributed by atoms with Crippen molar-refractivity contribution < 1.29 is 75.8 Å². The molecule has 0 rings (SSSR count). The second-order valence-electron chi connectivity index (χ2n) is 21.6. The van der Waals surface area contributed by atoms with E-state index in [1.54, 1.807) is 0 Å². The molecule has 5 atom stereocenters. The third-order valence-corrected chi connectivity index (χ3v) is 15.5. The van der Waals surface area contributed by atoms with E-state index in [0.717, 1.165) is 96.3 Å². The summed E-state index contributed by atoms with van der Waals surface area (Å²) in [5, 5.41) is 20.5. The van der Waals surface area contributed by atoms with E-state index in [4.69, 9.17) is 32.3 Å². The SMILES string of the molecule is CCCCC/C=C\C/C=C\C/C=C\C/C=C\CCCCCCCC(=O)OCC(O)COP(=O)(O)OCC(O)COP(=O)(O)OCC(COC(=O)CCCCCCCCCCCCCCC)OC(=O)CCCCCCCCCCCCC. The summed E-state index contributed by atoms with van der Waals surface area (Å²) in [6.45, 7) is 2.62. The van der Waals surface area contributed by atoms with E-state index in [1.165, 1.54) is 122 Å². The smallest absolute Gasteiger partial charge is 0.463 e. The van der Waals surface area contributed by atoms with Gasteiger partial charge in [-0.15, -0.1) is 0 Å². The first-order chi connectivity index (χ1) is 39.2. The molecular formula is C63H116O16P2. The molecule has 81 heavy (non-hydrogen) atoms. The Hall–Kier alpha value is -2.49. The lowest BCUT2D eigenvalue weighted by Gasteiger charge is -2.21. The lowest BCUT2D eigenvalue weighted by atomic mass is 10.0. The van der Waals surface area contributed by atoms with Gasteiger partial charge in [-0.25, -0.2) is 9.13 Å². The van der Waals surface area contributed by atoms with E-state index in [1.807, 2.05) is 0 Å². The fourth-order valence-corrected chi connectivity index (χ4v) is 10.2. The van der Waals surface area contributed by atoms with Crippen LogP contribution in [-0.2, 0) is 55.8 Å². The number of unbranched alkanes of at least 4 members (excludes halogenated alkanes) is 30. The second kappa shape index (κ2) is 57.9. The van der Waals surface area contributed by atoms with Gasteiger partial charge in [0.2, 0.25) is 0 Å². The molecule has 16 nitrogen and oxygen atoms in total. The first kappa shape index (κ1) is 78.5. The standard InChI is InChI=1S/C63H116O16P2/c1-4-7-10-13-16-19-22-24-25-26-27-28-29-30-31-33-36-37-40-43-46-49-61(66)73-52-58(64)53-75-80(69,70)76-54-59(65)55-77-81(71,72)78-57-60(79-63(68)51-48-45-42-39-34-21-18-15-12-9-6-3)56-74-62(67)50-47-44-41-38-35-32-23-20-17-14-11-8-5-2/h16,19,24-25,27-28,30-31,58-60,64-65H,4-15,17-18,20-23,26,29,32-57H2,1-3H3,(H,69,70)(H,71,72)/b19-16-,25-24-,28-27-,31-30-. The minimum absolute atomic E-state index is 0.111. The molecule has 0 bridgehead atoms. The third-order valence-electron chi connectivity index (χ3n) is 13.6. The first-order valence-electron chi connectivity index (χ1n) is 31.9. The molecule has 0 heterocycles. The van der Waals surface area contributed by atoms with Crippen LogP contribution >= 0.6 is 15.6 Å².